The maximum Gasteiger partial charge on any atom is 0.216 e. The molecule has 0 saturated heterocycles. The maximum atomic E-state index is 10.3. The van der Waals surface area contributed by atoms with E-state index in [1.165, 1.54) is 6.92 Å². The van der Waals surface area contributed by atoms with Crippen LogP contribution >= 0.6 is 12.2 Å². The van der Waals surface area contributed by atoms with Gasteiger partial charge in [0, 0.05) is 13.5 Å². The number of carbonyl (C=O) groups is 1. The van der Waals surface area contributed by atoms with E-state index in [4.69, 9.17) is 12.2 Å². The predicted molar refractivity (Wildman–Crippen MR) is 41.6 cm³/mol. The molecular formula is C6H11NOS. The molecule has 0 rings (SSSR count). The van der Waals surface area contributed by atoms with E-state index >= 15 is 0 Å². The number of nitrogens with one attached hydrogen (secondary N) is 1. The molecule has 3 heteroatoms. The fourth-order valence-electron chi connectivity index (χ4n) is 0.415. The standard InChI is InChI=1S/C6H11NOS/c1-5(9)3-4-7-6(2)8/h3-4H2,1-2H3,(H,7,8). The minimum Gasteiger partial charge on any atom is -0.356 e. The summed E-state index contributed by atoms with van der Waals surface area (Å²) in [5, 5.41) is 2.65. The zero-order chi connectivity index (χ0) is 7.28. The number of hydrogen-bond acceptors (Lipinski definition) is 2. The van der Waals surface area contributed by atoms with E-state index in [1.807, 2.05) is 6.92 Å². The molecule has 1 amide bonds. The summed E-state index contributed by atoms with van der Waals surface area (Å²) in [6, 6.07) is 0. The van der Waals surface area contributed by atoms with Gasteiger partial charge in [-0.15, -0.1) is 0 Å². The van der Waals surface area contributed by atoms with Crippen LogP contribution < -0.4 is 5.32 Å². The average Bonchev–Trinajstić information content (AvgIpc) is 1.63. The van der Waals surface area contributed by atoms with Crippen molar-refractivity contribution in [2.75, 3.05) is 6.54 Å². The Morgan fingerprint density at radius 2 is 2.11 bits per heavy atom. The summed E-state index contributed by atoms with van der Waals surface area (Å²) < 4.78 is 0. The van der Waals surface area contributed by atoms with Gasteiger partial charge in [-0.25, -0.2) is 0 Å². The van der Waals surface area contributed by atoms with E-state index in [0.29, 0.717) is 6.54 Å². The molecule has 0 unspecified atom stereocenters. The van der Waals surface area contributed by atoms with Gasteiger partial charge in [-0.3, -0.25) is 4.79 Å². The van der Waals surface area contributed by atoms with E-state index in [0.717, 1.165) is 11.3 Å². The first kappa shape index (κ1) is 8.56. The molecule has 0 saturated carbocycles. The molecule has 0 aromatic rings. The van der Waals surface area contributed by atoms with Crippen molar-refractivity contribution in [2.24, 2.45) is 0 Å². The van der Waals surface area contributed by atoms with Gasteiger partial charge in [0.25, 0.3) is 0 Å². The van der Waals surface area contributed by atoms with E-state index in [1.54, 1.807) is 0 Å². The minimum absolute atomic E-state index is 0.00579. The molecule has 0 bridgehead atoms. The van der Waals surface area contributed by atoms with Crippen molar-refractivity contribution in [3.63, 3.8) is 0 Å². The molecule has 0 aromatic heterocycles. The number of thiocarbonyl (C=S) groups is 1. The highest BCUT2D eigenvalue weighted by Gasteiger charge is 1.89. The second-order valence-electron chi connectivity index (χ2n) is 1.93. The van der Waals surface area contributed by atoms with E-state index in [-0.39, 0.29) is 5.91 Å². The van der Waals surface area contributed by atoms with Crippen LogP contribution in [0.15, 0.2) is 0 Å². The quantitative estimate of drug-likeness (QED) is 0.598. The van der Waals surface area contributed by atoms with Crippen LogP contribution in [0, 0.1) is 0 Å². The van der Waals surface area contributed by atoms with Crippen LogP contribution in [0.3, 0.4) is 0 Å². The monoisotopic (exact) mass is 145 g/mol. The Labute approximate surface area is 60.6 Å². The Bertz CT molecular complexity index is 108. The number of hydrogen-bond donors (Lipinski definition) is 1. The first-order chi connectivity index (χ1) is 4.13. The Hall–Kier alpha value is -0.440. The highest BCUT2D eigenvalue weighted by atomic mass is 32.1. The van der Waals surface area contributed by atoms with E-state index < -0.39 is 0 Å². The van der Waals surface area contributed by atoms with Crippen molar-refractivity contribution < 1.29 is 4.79 Å². The molecule has 0 aliphatic carbocycles. The molecule has 9 heavy (non-hydrogen) atoms. The summed E-state index contributed by atoms with van der Waals surface area (Å²) in [5.41, 5.74) is 0. The lowest BCUT2D eigenvalue weighted by Gasteiger charge is -1.97. The lowest BCUT2D eigenvalue weighted by Crippen LogP contribution is -2.21. The molecule has 52 valence electrons. The molecule has 1 N–H and O–H groups in total. The topological polar surface area (TPSA) is 29.1 Å². The first-order valence-electron chi connectivity index (χ1n) is 2.87. The molecule has 0 aliphatic rings. The van der Waals surface area contributed by atoms with Gasteiger partial charge in [0.15, 0.2) is 0 Å². The van der Waals surface area contributed by atoms with Gasteiger partial charge in [-0.1, -0.05) is 12.2 Å². The minimum atomic E-state index is 0.00579. The average molecular weight is 145 g/mol. The predicted octanol–water partition coefficient (Wildman–Crippen LogP) is 0.902. The van der Waals surface area contributed by atoms with Crippen LogP contribution in [0.25, 0.3) is 0 Å². The molecule has 0 spiro atoms. The highest BCUT2D eigenvalue weighted by molar-refractivity contribution is 7.80. The number of rotatable bonds is 3. The zero-order valence-electron chi connectivity index (χ0n) is 5.73. The third-order valence-corrected chi connectivity index (χ3v) is 1.06. The Kier molecular flexibility index (Phi) is 4.22. The second-order valence-corrected chi connectivity index (χ2v) is 2.63. The summed E-state index contributed by atoms with van der Waals surface area (Å²) in [6.45, 7) is 4.04. The molecule has 0 heterocycles. The Morgan fingerprint density at radius 3 is 2.44 bits per heavy atom. The van der Waals surface area contributed by atoms with Crippen LogP contribution in [0.4, 0.5) is 0 Å². The third-order valence-electron chi connectivity index (χ3n) is 0.851. The summed E-state index contributed by atoms with van der Waals surface area (Å²) in [7, 11) is 0. The lowest BCUT2D eigenvalue weighted by atomic mass is 10.3. The molecular weight excluding hydrogens is 134 g/mol. The van der Waals surface area contributed by atoms with Gasteiger partial charge in [-0.05, 0) is 18.2 Å². The summed E-state index contributed by atoms with van der Waals surface area (Å²) in [5.74, 6) is 0.00579. The van der Waals surface area contributed by atoms with Crippen molar-refractivity contribution in [1.29, 1.82) is 0 Å². The van der Waals surface area contributed by atoms with Gasteiger partial charge in [0.05, 0.1) is 0 Å². The summed E-state index contributed by atoms with van der Waals surface area (Å²) in [4.78, 5) is 11.2. The van der Waals surface area contributed by atoms with Gasteiger partial charge in [0.2, 0.25) is 5.91 Å². The van der Waals surface area contributed by atoms with Crippen molar-refractivity contribution in [3.8, 4) is 0 Å². The van der Waals surface area contributed by atoms with Gasteiger partial charge >= 0.3 is 0 Å². The van der Waals surface area contributed by atoms with Crippen LogP contribution in [-0.2, 0) is 4.79 Å². The maximum absolute atomic E-state index is 10.3. The summed E-state index contributed by atoms with van der Waals surface area (Å²) in [6.07, 6.45) is 0.801. The number of carbonyl (C=O) groups excluding carboxylic acids is 1. The van der Waals surface area contributed by atoms with Gasteiger partial charge in [-0.2, -0.15) is 0 Å². The van der Waals surface area contributed by atoms with Crippen LogP contribution in [-0.4, -0.2) is 17.3 Å². The molecule has 0 radical (unpaired) electrons. The van der Waals surface area contributed by atoms with Gasteiger partial charge < -0.3 is 5.32 Å². The molecule has 2 nitrogen and oxygen atoms in total. The Balaban J connectivity index is 3.10. The largest absolute Gasteiger partial charge is 0.356 e. The van der Waals surface area contributed by atoms with Crippen LogP contribution in [0.2, 0.25) is 0 Å². The van der Waals surface area contributed by atoms with E-state index in [9.17, 15) is 4.79 Å². The molecule has 0 atom stereocenters. The van der Waals surface area contributed by atoms with Crippen molar-refractivity contribution >= 4 is 23.0 Å². The molecule has 0 fully saturated rings. The second kappa shape index (κ2) is 4.44. The molecule has 0 aliphatic heterocycles. The van der Waals surface area contributed by atoms with Crippen LogP contribution in [0.5, 0.6) is 0 Å². The smallest absolute Gasteiger partial charge is 0.216 e. The third kappa shape index (κ3) is 7.56. The number of amides is 1. The fraction of sp³-hybridized carbons (Fsp3) is 0.667. The Morgan fingerprint density at radius 1 is 1.56 bits per heavy atom. The SMILES string of the molecule is CC(=O)NCCC(C)=S. The fourth-order valence-corrected chi connectivity index (χ4v) is 0.517. The normalized spacial score (nSPS) is 8.67. The van der Waals surface area contributed by atoms with Crippen molar-refractivity contribution in [3.05, 3.63) is 0 Å². The summed E-state index contributed by atoms with van der Waals surface area (Å²) >= 11 is 4.80. The highest BCUT2D eigenvalue weighted by Crippen LogP contribution is 1.81. The van der Waals surface area contributed by atoms with Crippen molar-refractivity contribution in [1.82, 2.24) is 5.32 Å². The lowest BCUT2D eigenvalue weighted by molar-refractivity contribution is -0.118. The van der Waals surface area contributed by atoms with E-state index in [2.05, 4.69) is 5.32 Å². The zero-order valence-corrected chi connectivity index (χ0v) is 6.55. The molecule has 0 aromatic carbocycles. The first-order valence-corrected chi connectivity index (χ1v) is 3.27. The van der Waals surface area contributed by atoms with Gasteiger partial charge in [0.1, 0.15) is 0 Å². The van der Waals surface area contributed by atoms with Crippen LogP contribution in [0.1, 0.15) is 20.3 Å². The van der Waals surface area contributed by atoms with Crippen molar-refractivity contribution in [2.45, 2.75) is 20.3 Å².